The largest absolute Gasteiger partial charge is 0.460 e. The Morgan fingerprint density at radius 1 is 1.29 bits per heavy atom. The summed E-state index contributed by atoms with van der Waals surface area (Å²) >= 11 is 0. The van der Waals surface area contributed by atoms with E-state index in [-0.39, 0.29) is 12.1 Å². The SMILES string of the molecule is C=C.C=C.CCOCC(C)OC(C)=O. The first kappa shape index (κ1) is 18.6. The fourth-order valence-corrected chi connectivity index (χ4v) is 0.601. The van der Waals surface area contributed by atoms with Crippen molar-refractivity contribution in [3.05, 3.63) is 26.3 Å². The minimum absolute atomic E-state index is 0.127. The molecule has 0 fully saturated rings. The van der Waals surface area contributed by atoms with Crippen molar-refractivity contribution < 1.29 is 14.3 Å². The molecule has 0 saturated carbocycles. The van der Waals surface area contributed by atoms with Crippen molar-refractivity contribution in [2.45, 2.75) is 26.9 Å². The van der Waals surface area contributed by atoms with Crippen LogP contribution in [0.25, 0.3) is 0 Å². The Balaban J connectivity index is -0.000000266. The van der Waals surface area contributed by atoms with Gasteiger partial charge in [0.15, 0.2) is 0 Å². The highest BCUT2D eigenvalue weighted by Gasteiger charge is 2.03. The van der Waals surface area contributed by atoms with Gasteiger partial charge in [-0.15, -0.1) is 26.3 Å². The summed E-state index contributed by atoms with van der Waals surface area (Å²) in [5.74, 6) is -0.257. The van der Waals surface area contributed by atoms with Gasteiger partial charge in [-0.05, 0) is 13.8 Å². The van der Waals surface area contributed by atoms with Gasteiger partial charge >= 0.3 is 5.97 Å². The normalized spacial score (nSPS) is 9.64. The molecule has 1 atom stereocenters. The van der Waals surface area contributed by atoms with Crippen LogP contribution in [0.1, 0.15) is 20.8 Å². The molecule has 0 bridgehead atoms. The van der Waals surface area contributed by atoms with Gasteiger partial charge in [-0.3, -0.25) is 4.79 Å². The first-order valence-electron chi connectivity index (χ1n) is 4.41. The van der Waals surface area contributed by atoms with E-state index in [0.29, 0.717) is 13.2 Å². The third-order valence-electron chi connectivity index (χ3n) is 0.924. The molecule has 0 rings (SSSR count). The Labute approximate surface area is 87.4 Å². The van der Waals surface area contributed by atoms with Crippen LogP contribution in [0.5, 0.6) is 0 Å². The van der Waals surface area contributed by atoms with Crippen LogP contribution in [0.4, 0.5) is 0 Å². The lowest BCUT2D eigenvalue weighted by molar-refractivity contribution is -0.148. The van der Waals surface area contributed by atoms with Gasteiger partial charge in [0.2, 0.25) is 0 Å². The van der Waals surface area contributed by atoms with Gasteiger partial charge in [-0.2, -0.15) is 0 Å². The number of rotatable bonds is 4. The van der Waals surface area contributed by atoms with Gasteiger partial charge in [-0.25, -0.2) is 0 Å². The van der Waals surface area contributed by atoms with Crippen molar-refractivity contribution in [3.8, 4) is 0 Å². The summed E-state index contributed by atoms with van der Waals surface area (Å²) in [7, 11) is 0. The van der Waals surface area contributed by atoms with Gasteiger partial charge in [0.05, 0.1) is 6.61 Å². The van der Waals surface area contributed by atoms with Crippen molar-refractivity contribution in [2.24, 2.45) is 0 Å². The van der Waals surface area contributed by atoms with E-state index in [1.807, 2.05) is 6.92 Å². The van der Waals surface area contributed by atoms with Crippen LogP contribution in [0.15, 0.2) is 26.3 Å². The molecule has 3 heteroatoms. The Morgan fingerprint density at radius 3 is 2.00 bits per heavy atom. The smallest absolute Gasteiger partial charge is 0.302 e. The molecule has 0 saturated heterocycles. The maximum atomic E-state index is 10.3. The molecule has 0 aromatic carbocycles. The molecule has 0 spiro atoms. The summed E-state index contributed by atoms with van der Waals surface area (Å²) < 4.78 is 9.81. The third-order valence-corrected chi connectivity index (χ3v) is 0.924. The standard InChI is InChI=1S/C7H14O3.2C2H4/c1-4-9-5-6(2)10-7(3)8;2*1-2/h6H,4-5H2,1-3H3;2*1-2H2. The highest BCUT2D eigenvalue weighted by molar-refractivity contribution is 5.66. The molecule has 0 N–H and O–H groups in total. The number of carbonyl (C=O) groups is 1. The van der Waals surface area contributed by atoms with Crippen molar-refractivity contribution in [1.29, 1.82) is 0 Å². The fourth-order valence-electron chi connectivity index (χ4n) is 0.601. The molecule has 0 radical (unpaired) electrons. The molecule has 0 aromatic heterocycles. The molecular weight excluding hydrogens is 180 g/mol. The van der Waals surface area contributed by atoms with E-state index in [1.165, 1.54) is 6.92 Å². The second-order valence-corrected chi connectivity index (χ2v) is 2.08. The van der Waals surface area contributed by atoms with Crippen molar-refractivity contribution in [3.63, 3.8) is 0 Å². The van der Waals surface area contributed by atoms with Gasteiger partial charge < -0.3 is 9.47 Å². The number of carbonyl (C=O) groups excluding carboxylic acids is 1. The van der Waals surface area contributed by atoms with Crippen LogP contribution in [-0.4, -0.2) is 25.3 Å². The average molecular weight is 202 g/mol. The zero-order valence-corrected chi connectivity index (χ0v) is 9.54. The third kappa shape index (κ3) is 22.4. The van der Waals surface area contributed by atoms with E-state index in [9.17, 15) is 4.79 Å². The quantitative estimate of drug-likeness (QED) is 0.519. The van der Waals surface area contributed by atoms with E-state index in [0.717, 1.165) is 0 Å². The predicted octanol–water partition coefficient (Wildman–Crippen LogP) is 2.58. The summed E-state index contributed by atoms with van der Waals surface area (Å²) in [4.78, 5) is 10.3. The number of hydrogen-bond donors (Lipinski definition) is 0. The van der Waals surface area contributed by atoms with Gasteiger partial charge in [0.25, 0.3) is 0 Å². The van der Waals surface area contributed by atoms with Crippen LogP contribution in [0.3, 0.4) is 0 Å². The van der Waals surface area contributed by atoms with Crippen LogP contribution < -0.4 is 0 Å². The highest BCUT2D eigenvalue weighted by atomic mass is 16.6. The molecule has 0 aromatic rings. The van der Waals surface area contributed by atoms with Crippen LogP contribution in [0.2, 0.25) is 0 Å². The lowest BCUT2D eigenvalue weighted by Gasteiger charge is -2.10. The molecule has 14 heavy (non-hydrogen) atoms. The van der Waals surface area contributed by atoms with Gasteiger partial charge in [0, 0.05) is 13.5 Å². The summed E-state index contributed by atoms with van der Waals surface area (Å²) in [5, 5.41) is 0. The van der Waals surface area contributed by atoms with Crippen LogP contribution in [0, 0.1) is 0 Å². The Hall–Kier alpha value is -1.09. The second kappa shape index (κ2) is 17.9. The van der Waals surface area contributed by atoms with Crippen LogP contribution in [-0.2, 0) is 14.3 Å². The van der Waals surface area contributed by atoms with Crippen molar-refractivity contribution in [2.75, 3.05) is 13.2 Å². The summed E-state index contributed by atoms with van der Waals surface area (Å²) in [6.07, 6.45) is -0.127. The van der Waals surface area contributed by atoms with Crippen LogP contribution >= 0.6 is 0 Å². The topological polar surface area (TPSA) is 35.5 Å². The minimum Gasteiger partial charge on any atom is -0.460 e. The Morgan fingerprint density at radius 2 is 1.71 bits per heavy atom. The van der Waals surface area contributed by atoms with E-state index >= 15 is 0 Å². The van der Waals surface area contributed by atoms with Gasteiger partial charge in [0.1, 0.15) is 6.10 Å². The van der Waals surface area contributed by atoms with Crippen molar-refractivity contribution in [1.82, 2.24) is 0 Å². The molecule has 0 aliphatic heterocycles. The molecule has 0 aliphatic rings. The Kier molecular flexibility index (Phi) is 23.8. The molecule has 1 unspecified atom stereocenters. The maximum Gasteiger partial charge on any atom is 0.302 e. The zero-order valence-electron chi connectivity index (χ0n) is 9.54. The first-order valence-corrected chi connectivity index (χ1v) is 4.41. The van der Waals surface area contributed by atoms with Crippen molar-refractivity contribution >= 4 is 5.97 Å². The maximum absolute atomic E-state index is 10.3. The fraction of sp³-hybridized carbons (Fsp3) is 0.545. The Bertz CT molecular complexity index is 122. The molecule has 84 valence electrons. The predicted molar refractivity (Wildman–Crippen MR) is 60.2 cm³/mol. The second-order valence-electron chi connectivity index (χ2n) is 2.08. The van der Waals surface area contributed by atoms with E-state index < -0.39 is 0 Å². The van der Waals surface area contributed by atoms with Gasteiger partial charge in [-0.1, -0.05) is 0 Å². The number of ether oxygens (including phenoxy) is 2. The summed E-state index contributed by atoms with van der Waals surface area (Å²) in [6.45, 7) is 18.2. The van der Waals surface area contributed by atoms with E-state index in [2.05, 4.69) is 26.3 Å². The molecule has 3 nitrogen and oxygen atoms in total. The zero-order chi connectivity index (χ0) is 12.0. The lowest BCUT2D eigenvalue weighted by Crippen LogP contribution is -2.18. The average Bonchev–Trinajstić information content (AvgIpc) is 2.20. The number of esters is 1. The molecule has 0 aliphatic carbocycles. The summed E-state index contributed by atoms with van der Waals surface area (Å²) in [6, 6.07) is 0. The lowest BCUT2D eigenvalue weighted by atomic mass is 10.4. The molecule has 0 amide bonds. The molecule has 0 heterocycles. The minimum atomic E-state index is -0.257. The highest BCUT2D eigenvalue weighted by Crippen LogP contribution is 1.91. The molecular formula is C11H22O3. The first-order chi connectivity index (χ1) is 6.66. The number of hydrogen-bond acceptors (Lipinski definition) is 3. The van der Waals surface area contributed by atoms with E-state index in [1.54, 1.807) is 6.92 Å². The monoisotopic (exact) mass is 202 g/mol. The van der Waals surface area contributed by atoms with E-state index in [4.69, 9.17) is 9.47 Å². The summed E-state index contributed by atoms with van der Waals surface area (Å²) in [5.41, 5.74) is 0.